The summed E-state index contributed by atoms with van der Waals surface area (Å²) in [5, 5.41) is 6.55. The minimum Gasteiger partial charge on any atom is -0.285 e. The van der Waals surface area contributed by atoms with Gasteiger partial charge in [0.1, 0.15) is 4.90 Å². The van der Waals surface area contributed by atoms with Crippen LogP contribution in [0.3, 0.4) is 0 Å². The number of halogens is 1. The molecule has 0 atom stereocenters. The molecule has 0 fully saturated rings. The van der Waals surface area contributed by atoms with Gasteiger partial charge in [0.2, 0.25) is 10.0 Å². The number of nitrogens with zero attached hydrogens (tertiary/aromatic N) is 3. The molecule has 0 radical (unpaired) electrons. The minimum atomic E-state index is -3.65. The average Bonchev–Trinajstić information content (AvgIpc) is 2.82. The van der Waals surface area contributed by atoms with Gasteiger partial charge in [0.05, 0.1) is 11.2 Å². The molecule has 6 nitrogen and oxygen atoms in total. The molecule has 2 rings (SSSR count). The van der Waals surface area contributed by atoms with E-state index in [1.807, 2.05) is 0 Å². The molecular weight excluding hydrogens is 276 g/mol. The maximum absolute atomic E-state index is 12.3. The number of aromatic nitrogens is 3. The van der Waals surface area contributed by atoms with Crippen molar-refractivity contribution >= 4 is 21.6 Å². The van der Waals surface area contributed by atoms with Crippen molar-refractivity contribution in [2.24, 2.45) is 0 Å². The fourth-order valence-electron chi connectivity index (χ4n) is 1.43. The van der Waals surface area contributed by atoms with Gasteiger partial charge in [0, 0.05) is 37.7 Å². The van der Waals surface area contributed by atoms with Crippen molar-refractivity contribution in [2.45, 2.75) is 11.4 Å². The molecule has 8 heteroatoms. The molecule has 0 aliphatic carbocycles. The molecule has 0 saturated heterocycles. The largest absolute Gasteiger partial charge is 0.285 e. The number of hydrogen-bond acceptors (Lipinski definition) is 4. The van der Waals surface area contributed by atoms with Crippen LogP contribution < -0.4 is 0 Å². The molecule has 96 valence electrons. The van der Waals surface area contributed by atoms with E-state index in [2.05, 4.69) is 15.2 Å². The van der Waals surface area contributed by atoms with E-state index in [4.69, 9.17) is 11.6 Å². The van der Waals surface area contributed by atoms with Gasteiger partial charge in [0.15, 0.2) is 0 Å². The predicted molar refractivity (Wildman–Crippen MR) is 66.5 cm³/mol. The second-order valence-corrected chi connectivity index (χ2v) is 6.09. The highest BCUT2D eigenvalue weighted by atomic mass is 35.5. The summed E-state index contributed by atoms with van der Waals surface area (Å²) in [6.07, 6.45) is 5.88. The molecule has 0 aliphatic rings. The SMILES string of the molecule is CN(Cc1cn[nH]c1)S(=O)(=O)c1cnccc1Cl. The van der Waals surface area contributed by atoms with Crippen molar-refractivity contribution in [2.75, 3.05) is 7.05 Å². The Morgan fingerprint density at radius 2 is 2.22 bits per heavy atom. The smallest absolute Gasteiger partial charge is 0.246 e. The molecule has 2 heterocycles. The Labute approximate surface area is 110 Å². The second-order valence-electron chi connectivity index (χ2n) is 3.67. The molecule has 2 aromatic rings. The molecule has 18 heavy (non-hydrogen) atoms. The van der Waals surface area contributed by atoms with Crippen molar-refractivity contribution in [1.82, 2.24) is 19.5 Å². The fraction of sp³-hybridized carbons (Fsp3) is 0.200. The maximum atomic E-state index is 12.3. The van der Waals surface area contributed by atoms with Crippen molar-refractivity contribution in [3.05, 3.63) is 41.4 Å². The van der Waals surface area contributed by atoms with Crippen LogP contribution >= 0.6 is 11.6 Å². The minimum absolute atomic E-state index is 0.00217. The number of aromatic amines is 1. The van der Waals surface area contributed by atoms with Crippen molar-refractivity contribution in [1.29, 1.82) is 0 Å². The lowest BCUT2D eigenvalue weighted by molar-refractivity contribution is 0.466. The number of hydrogen-bond donors (Lipinski definition) is 1. The van der Waals surface area contributed by atoms with Crippen LogP contribution in [-0.2, 0) is 16.6 Å². The number of H-pyrrole nitrogens is 1. The normalized spacial score (nSPS) is 11.9. The molecule has 1 N–H and O–H groups in total. The lowest BCUT2D eigenvalue weighted by Gasteiger charge is -2.16. The third-order valence-electron chi connectivity index (χ3n) is 2.38. The topological polar surface area (TPSA) is 79.0 Å². The first-order valence-corrected chi connectivity index (χ1v) is 6.87. The highest BCUT2D eigenvalue weighted by molar-refractivity contribution is 7.89. The summed E-state index contributed by atoms with van der Waals surface area (Å²) in [6.45, 7) is 0.212. The molecule has 2 aromatic heterocycles. The van der Waals surface area contributed by atoms with E-state index in [-0.39, 0.29) is 16.5 Å². The van der Waals surface area contributed by atoms with Gasteiger partial charge in [0.25, 0.3) is 0 Å². The average molecular weight is 287 g/mol. The summed E-state index contributed by atoms with van der Waals surface area (Å²) in [6, 6.07) is 1.44. The van der Waals surface area contributed by atoms with Crippen LogP contribution in [0.2, 0.25) is 5.02 Å². The summed E-state index contributed by atoms with van der Waals surface area (Å²) in [5.74, 6) is 0. The zero-order valence-electron chi connectivity index (χ0n) is 9.54. The van der Waals surface area contributed by atoms with Crippen molar-refractivity contribution in [3.63, 3.8) is 0 Å². The Kier molecular flexibility index (Phi) is 3.65. The summed E-state index contributed by atoms with van der Waals surface area (Å²) >= 11 is 5.87. The molecule has 0 bridgehead atoms. The van der Waals surface area contributed by atoms with E-state index < -0.39 is 10.0 Å². The first kappa shape index (κ1) is 13.0. The van der Waals surface area contributed by atoms with Crippen molar-refractivity contribution in [3.8, 4) is 0 Å². The van der Waals surface area contributed by atoms with Crippen LogP contribution in [-0.4, -0.2) is 35.0 Å². The molecule has 0 amide bonds. The summed E-state index contributed by atoms with van der Waals surface area (Å²) in [7, 11) is -2.17. The molecule has 0 saturated carbocycles. The molecule has 0 spiro atoms. The van der Waals surface area contributed by atoms with E-state index in [0.717, 1.165) is 5.56 Å². The second kappa shape index (κ2) is 5.05. The number of sulfonamides is 1. The van der Waals surface area contributed by atoms with E-state index in [0.29, 0.717) is 0 Å². The third-order valence-corrected chi connectivity index (χ3v) is 4.65. The first-order valence-electron chi connectivity index (χ1n) is 5.05. The van der Waals surface area contributed by atoms with Gasteiger partial charge in [-0.1, -0.05) is 11.6 Å². The summed E-state index contributed by atoms with van der Waals surface area (Å²) < 4.78 is 25.7. The van der Waals surface area contributed by atoms with Gasteiger partial charge in [-0.25, -0.2) is 8.42 Å². The van der Waals surface area contributed by atoms with E-state index in [9.17, 15) is 8.42 Å². The van der Waals surface area contributed by atoms with E-state index in [1.165, 1.54) is 29.8 Å². The van der Waals surface area contributed by atoms with Crippen LogP contribution in [0.5, 0.6) is 0 Å². The van der Waals surface area contributed by atoms with Crippen molar-refractivity contribution < 1.29 is 8.42 Å². The molecule has 0 unspecified atom stereocenters. The highest BCUT2D eigenvalue weighted by Crippen LogP contribution is 2.23. The van der Waals surface area contributed by atoms with Gasteiger partial charge in [-0.05, 0) is 6.07 Å². The number of pyridine rings is 1. The van der Waals surface area contributed by atoms with Gasteiger partial charge in [-0.15, -0.1) is 0 Å². The third kappa shape index (κ3) is 2.53. The lowest BCUT2D eigenvalue weighted by Crippen LogP contribution is -2.26. The lowest BCUT2D eigenvalue weighted by atomic mass is 10.4. The Hall–Kier alpha value is -1.44. The monoisotopic (exact) mass is 286 g/mol. The Balaban J connectivity index is 2.29. The van der Waals surface area contributed by atoms with Crippen LogP contribution in [0.4, 0.5) is 0 Å². The van der Waals surface area contributed by atoms with Crippen LogP contribution in [0.1, 0.15) is 5.56 Å². The maximum Gasteiger partial charge on any atom is 0.246 e. The molecule has 0 aromatic carbocycles. The van der Waals surface area contributed by atoms with Crippen LogP contribution in [0.25, 0.3) is 0 Å². The summed E-state index contributed by atoms with van der Waals surface area (Å²) in [5.41, 5.74) is 0.765. The van der Waals surface area contributed by atoms with E-state index >= 15 is 0 Å². The van der Waals surface area contributed by atoms with Crippen LogP contribution in [0.15, 0.2) is 35.7 Å². The summed E-state index contributed by atoms with van der Waals surface area (Å²) in [4.78, 5) is 3.78. The standard InChI is InChI=1S/C10H11ClN4O2S/c1-15(7-8-4-13-14-5-8)18(16,17)10-6-12-3-2-9(10)11/h2-6H,7H2,1H3,(H,13,14). The zero-order chi connectivity index (χ0) is 13.2. The van der Waals surface area contributed by atoms with Gasteiger partial charge in [-0.2, -0.15) is 9.40 Å². The van der Waals surface area contributed by atoms with Gasteiger partial charge in [-0.3, -0.25) is 10.1 Å². The van der Waals surface area contributed by atoms with E-state index in [1.54, 1.807) is 12.4 Å². The quantitative estimate of drug-likeness (QED) is 0.918. The number of nitrogens with one attached hydrogen (secondary N) is 1. The number of rotatable bonds is 4. The Bertz CT molecular complexity index is 627. The van der Waals surface area contributed by atoms with Gasteiger partial charge >= 0.3 is 0 Å². The molecule has 0 aliphatic heterocycles. The van der Waals surface area contributed by atoms with Gasteiger partial charge < -0.3 is 0 Å². The Morgan fingerprint density at radius 3 is 2.83 bits per heavy atom. The highest BCUT2D eigenvalue weighted by Gasteiger charge is 2.24. The fourth-order valence-corrected chi connectivity index (χ4v) is 2.99. The van der Waals surface area contributed by atoms with Crippen LogP contribution in [0, 0.1) is 0 Å². The Morgan fingerprint density at radius 1 is 1.44 bits per heavy atom. The first-order chi connectivity index (χ1) is 8.51. The predicted octanol–water partition coefficient (Wildman–Crippen LogP) is 1.28. The zero-order valence-corrected chi connectivity index (χ0v) is 11.1. The molecular formula is C10H11ClN4O2S.